The van der Waals surface area contributed by atoms with Gasteiger partial charge >= 0.3 is 0 Å². The highest BCUT2D eigenvalue weighted by Gasteiger charge is 2.22. The normalized spacial score (nSPS) is 17.7. The summed E-state index contributed by atoms with van der Waals surface area (Å²) >= 11 is 0. The van der Waals surface area contributed by atoms with Gasteiger partial charge < -0.3 is 4.74 Å². The number of aromatic nitrogens is 2. The van der Waals surface area contributed by atoms with E-state index in [0.29, 0.717) is 19.6 Å². The number of aryl methyl sites for hydroxylation is 1. The molecule has 1 aliphatic heterocycles. The van der Waals surface area contributed by atoms with Gasteiger partial charge in [-0.2, -0.15) is 5.10 Å². The van der Waals surface area contributed by atoms with Crippen LogP contribution in [0.15, 0.2) is 53.7 Å². The fourth-order valence-electron chi connectivity index (χ4n) is 2.97. The van der Waals surface area contributed by atoms with Crippen LogP contribution in [0.3, 0.4) is 0 Å². The van der Waals surface area contributed by atoms with Gasteiger partial charge in [-0.3, -0.25) is 14.9 Å². The van der Waals surface area contributed by atoms with Gasteiger partial charge in [0.05, 0.1) is 30.7 Å². The Morgan fingerprint density at radius 3 is 2.76 bits per heavy atom. The van der Waals surface area contributed by atoms with Crippen molar-refractivity contribution in [3.8, 4) is 0 Å². The average Bonchev–Trinajstić information content (AvgIpc) is 3.25. The van der Waals surface area contributed by atoms with Gasteiger partial charge in [0.25, 0.3) is 0 Å². The number of aliphatic imine (C=N–C) groups is 1. The molecule has 29 heavy (non-hydrogen) atoms. The van der Waals surface area contributed by atoms with Gasteiger partial charge in [0.15, 0.2) is 15.6 Å². The lowest BCUT2D eigenvalue weighted by Crippen LogP contribution is -2.26. The number of sulfone groups is 1. The van der Waals surface area contributed by atoms with E-state index < -0.39 is 15.1 Å². The van der Waals surface area contributed by atoms with Crippen LogP contribution in [-0.2, 0) is 32.4 Å². The topological polar surface area (TPSA) is 101 Å². The van der Waals surface area contributed by atoms with Gasteiger partial charge in [-0.1, -0.05) is 30.3 Å². The van der Waals surface area contributed by atoms with Crippen molar-refractivity contribution in [3.05, 3.63) is 65.5 Å². The minimum atomic E-state index is -3.35. The molecule has 0 aliphatic carbocycles. The summed E-state index contributed by atoms with van der Waals surface area (Å²) in [5.41, 5.74) is 3.73. The molecule has 3 rings (SSSR count). The molecule has 0 saturated carbocycles. The lowest BCUT2D eigenvalue weighted by atomic mass is 10.0. The van der Waals surface area contributed by atoms with Crippen molar-refractivity contribution in [1.29, 1.82) is 0 Å². The maximum Gasteiger partial charge on any atom is 0.157 e. The molecule has 0 radical (unpaired) electrons. The van der Waals surface area contributed by atoms with E-state index in [1.165, 1.54) is 6.92 Å². The molecule has 2 atom stereocenters. The quantitative estimate of drug-likeness (QED) is 0.677. The number of aromatic amines is 1. The highest BCUT2D eigenvalue weighted by atomic mass is 32.2. The smallest absolute Gasteiger partial charge is 0.157 e. The second-order valence-electron chi connectivity index (χ2n) is 7.16. The number of carbonyl (C=O) groups excluding carboxylic acids is 1. The Labute approximate surface area is 170 Å². The van der Waals surface area contributed by atoms with Crippen LogP contribution >= 0.6 is 0 Å². The number of ether oxygens (including phenoxy) is 1. The van der Waals surface area contributed by atoms with E-state index in [-0.39, 0.29) is 18.3 Å². The Hall–Kier alpha value is -2.58. The molecule has 1 N–H and O–H groups in total. The number of carbonyl (C=O) groups is 1. The third-order valence-corrected chi connectivity index (χ3v) is 6.45. The summed E-state index contributed by atoms with van der Waals surface area (Å²) in [5, 5.41) is 5.86. The van der Waals surface area contributed by atoms with Crippen LogP contribution in [0.4, 0.5) is 0 Å². The second kappa shape index (κ2) is 9.28. The monoisotopic (exact) mass is 415 g/mol. The van der Waals surface area contributed by atoms with Crippen molar-refractivity contribution in [1.82, 2.24) is 10.2 Å². The second-order valence-corrected chi connectivity index (χ2v) is 9.53. The minimum Gasteiger partial charge on any atom is -0.368 e. The van der Waals surface area contributed by atoms with Crippen LogP contribution in [0, 0.1) is 0 Å². The van der Waals surface area contributed by atoms with E-state index in [9.17, 15) is 13.2 Å². The summed E-state index contributed by atoms with van der Waals surface area (Å²) in [6, 6.07) is 9.69. The van der Waals surface area contributed by atoms with E-state index in [1.54, 1.807) is 6.20 Å². The highest BCUT2D eigenvalue weighted by molar-refractivity contribution is 7.92. The third-order valence-electron chi connectivity index (χ3n) is 4.90. The van der Waals surface area contributed by atoms with Gasteiger partial charge in [-0.25, -0.2) is 8.42 Å². The highest BCUT2D eigenvalue weighted by Crippen LogP contribution is 2.14. The van der Waals surface area contributed by atoms with Gasteiger partial charge in [0, 0.05) is 18.9 Å². The van der Waals surface area contributed by atoms with E-state index in [0.717, 1.165) is 28.8 Å². The predicted octanol–water partition coefficient (Wildman–Crippen LogP) is 2.29. The van der Waals surface area contributed by atoms with E-state index in [1.807, 2.05) is 42.5 Å². The molecule has 0 saturated heterocycles. The number of hydrogen-bond acceptors (Lipinski definition) is 6. The largest absolute Gasteiger partial charge is 0.368 e. The van der Waals surface area contributed by atoms with Crippen molar-refractivity contribution in [3.63, 3.8) is 0 Å². The Balaban J connectivity index is 1.49. The fraction of sp³-hybridized carbons (Fsp3) is 0.381. The first kappa shape index (κ1) is 21.1. The zero-order valence-electron chi connectivity index (χ0n) is 16.5. The maximum atomic E-state index is 12.1. The van der Waals surface area contributed by atoms with Crippen LogP contribution in [0.2, 0.25) is 0 Å². The molecule has 0 spiro atoms. The van der Waals surface area contributed by atoms with Gasteiger partial charge in [0.1, 0.15) is 5.25 Å². The molecular weight excluding hydrogens is 390 g/mol. The Kier molecular flexibility index (Phi) is 6.76. The lowest BCUT2D eigenvalue weighted by molar-refractivity contribution is -0.118. The SMILES string of the molecule is CC(C(=O)CCc1cccc(COC2C=CC(c3ccn[nH]3)=NC2)c1)S(C)(=O)=O. The molecule has 0 bridgehead atoms. The number of nitrogens with one attached hydrogen (secondary N) is 1. The van der Waals surface area contributed by atoms with Crippen LogP contribution in [0.5, 0.6) is 0 Å². The van der Waals surface area contributed by atoms with Gasteiger partial charge in [-0.05, 0) is 36.6 Å². The minimum absolute atomic E-state index is 0.0949. The van der Waals surface area contributed by atoms with Gasteiger partial charge in [0.2, 0.25) is 0 Å². The summed E-state index contributed by atoms with van der Waals surface area (Å²) in [5.74, 6) is -0.257. The molecule has 1 aromatic heterocycles. The first-order valence-corrected chi connectivity index (χ1v) is 11.4. The van der Waals surface area contributed by atoms with Crippen molar-refractivity contribution in [2.75, 3.05) is 12.8 Å². The molecule has 0 amide bonds. The number of hydrogen-bond donors (Lipinski definition) is 1. The standard InChI is InChI=1S/C21H25N3O4S/c1-15(29(2,26)27)21(25)9-6-16-4-3-5-17(12-16)14-28-18-7-8-19(22-13-18)20-10-11-23-24-20/h3-5,7-8,10-12,15,18H,6,9,13-14H2,1-2H3,(H,23,24). The summed E-state index contributed by atoms with van der Waals surface area (Å²) in [7, 11) is -3.35. The zero-order valence-corrected chi connectivity index (χ0v) is 17.4. The number of Topliss-reactive ketones (excluding diaryl/α,β-unsaturated/α-hetero) is 1. The number of ketones is 1. The Morgan fingerprint density at radius 1 is 1.31 bits per heavy atom. The van der Waals surface area contributed by atoms with Crippen LogP contribution < -0.4 is 0 Å². The molecule has 1 aromatic carbocycles. The molecule has 1 aliphatic rings. The summed E-state index contributed by atoms with van der Waals surface area (Å²) < 4.78 is 28.9. The maximum absolute atomic E-state index is 12.1. The van der Waals surface area contributed by atoms with Gasteiger partial charge in [-0.15, -0.1) is 0 Å². The first-order valence-electron chi connectivity index (χ1n) is 9.46. The average molecular weight is 416 g/mol. The van der Waals surface area contributed by atoms with E-state index in [2.05, 4.69) is 15.2 Å². The Morgan fingerprint density at radius 2 is 2.10 bits per heavy atom. The zero-order chi connectivity index (χ0) is 20.9. The molecule has 2 unspecified atom stereocenters. The number of H-pyrrole nitrogens is 1. The number of nitrogens with zero attached hydrogens (tertiary/aromatic N) is 2. The molecule has 154 valence electrons. The molecular formula is C21H25N3O4S. The number of allylic oxidation sites excluding steroid dienone is 1. The van der Waals surface area contributed by atoms with Crippen molar-refractivity contribution >= 4 is 21.3 Å². The van der Waals surface area contributed by atoms with E-state index >= 15 is 0 Å². The molecule has 2 heterocycles. The van der Waals surface area contributed by atoms with Crippen molar-refractivity contribution in [2.45, 2.75) is 37.7 Å². The summed E-state index contributed by atoms with van der Waals surface area (Å²) in [4.78, 5) is 16.6. The molecule has 8 heteroatoms. The summed E-state index contributed by atoms with van der Waals surface area (Å²) in [6.45, 7) is 2.42. The number of rotatable bonds is 9. The van der Waals surface area contributed by atoms with Crippen LogP contribution in [-0.4, -0.2) is 54.3 Å². The van der Waals surface area contributed by atoms with Crippen molar-refractivity contribution < 1.29 is 17.9 Å². The van der Waals surface area contributed by atoms with E-state index in [4.69, 9.17) is 4.74 Å². The number of dihydropyridines is 1. The predicted molar refractivity (Wildman–Crippen MR) is 112 cm³/mol. The van der Waals surface area contributed by atoms with Crippen LogP contribution in [0.1, 0.15) is 30.2 Å². The van der Waals surface area contributed by atoms with Crippen LogP contribution in [0.25, 0.3) is 0 Å². The fourth-order valence-corrected chi connectivity index (χ4v) is 3.57. The third kappa shape index (κ3) is 5.95. The summed E-state index contributed by atoms with van der Waals surface area (Å²) in [6.07, 6.45) is 7.31. The Bertz CT molecular complexity index is 1010. The molecule has 0 fully saturated rings. The number of benzene rings is 1. The molecule has 7 nitrogen and oxygen atoms in total. The lowest BCUT2D eigenvalue weighted by Gasteiger charge is -2.16. The molecule has 2 aromatic rings. The first-order chi connectivity index (χ1) is 13.8. The van der Waals surface area contributed by atoms with Crippen molar-refractivity contribution in [2.24, 2.45) is 4.99 Å².